The van der Waals surface area contributed by atoms with Gasteiger partial charge in [-0.2, -0.15) is 0 Å². The predicted molar refractivity (Wildman–Crippen MR) is 105 cm³/mol. The third-order valence-corrected chi connectivity index (χ3v) is 4.87. The summed E-state index contributed by atoms with van der Waals surface area (Å²) in [5.41, 5.74) is 2.04. The van der Waals surface area contributed by atoms with Crippen LogP contribution in [-0.4, -0.2) is 31.1 Å². The number of esters is 2. The van der Waals surface area contributed by atoms with E-state index in [4.69, 9.17) is 9.47 Å². The highest BCUT2D eigenvalue weighted by atomic mass is 32.1. The number of hydrogen-bond donors (Lipinski definition) is 1. The number of nitrogens with one attached hydrogen (secondary N) is 1. The monoisotopic (exact) mass is 387 g/mol. The van der Waals surface area contributed by atoms with E-state index in [1.54, 1.807) is 26.0 Å². The van der Waals surface area contributed by atoms with Crippen LogP contribution in [0.3, 0.4) is 0 Å². The molecule has 1 N–H and O–H groups in total. The maximum atomic E-state index is 12.5. The smallest absolute Gasteiger partial charge is 0.348 e. The molecule has 0 aliphatic carbocycles. The normalized spacial score (nSPS) is 10.2. The quantitative estimate of drug-likeness (QED) is 0.570. The van der Waals surface area contributed by atoms with E-state index in [1.807, 2.05) is 19.1 Å². The van der Waals surface area contributed by atoms with Crippen LogP contribution in [0.2, 0.25) is 0 Å². The number of rotatable bonds is 7. The van der Waals surface area contributed by atoms with Crippen molar-refractivity contribution in [3.05, 3.63) is 64.1 Å². The van der Waals surface area contributed by atoms with Gasteiger partial charge in [-0.15, -0.1) is 11.3 Å². The molecule has 7 heteroatoms. The van der Waals surface area contributed by atoms with Gasteiger partial charge in [0, 0.05) is 5.56 Å². The van der Waals surface area contributed by atoms with Crippen LogP contribution >= 0.6 is 11.3 Å². The molecule has 2 aromatic rings. The van der Waals surface area contributed by atoms with E-state index in [0.29, 0.717) is 11.1 Å². The Kier molecular flexibility index (Phi) is 6.90. The summed E-state index contributed by atoms with van der Waals surface area (Å²) in [4.78, 5) is 37.4. The fourth-order valence-corrected chi connectivity index (χ4v) is 3.41. The van der Waals surface area contributed by atoms with Crippen LogP contribution < -0.4 is 5.32 Å². The lowest BCUT2D eigenvalue weighted by Gasteiger charge is -2.07. The van der Waals surface area contributed by atoms with Crippen LogP contribution in [0.5, 0.6) is 0 Å². The molecule has 0 spiro atoms. The lowest BCUT2D eigenvalue weighted by molar-refractivity contribution is 0.0527. The van der Waals surface area contributed by atoms with Crippen LogP contribution in [0, 0.1) is 13.8 Å². The van der Waals surface area contributed by atoms with E-state index < -0.39 is 11.9 Å². The Bertz CT molecular complexity index is 867. The first-order valence-corrected chi connectivity index (χ1v) is 9.17. The minimum absolute atomic E-state index is 0.0516. The summed E-state index contributed by atoms with van der Waals surface area (Å²) in [5.74, 6) is -1.57. The zero-order chi connectivity index (χ0) is 20.0. The number of amides is 1. The molecule has 1 heterocycles. The molecular formula is C20H21NO5S. The van der Waals surface area contributed by atoms with Crippen molar-refractivity contribution in [2.75, 3.05) is 18.5 Å². The summed E-state index contributed by atoms with van der Waals surface area (Å²) >= 11 is 0.983. The van der Waals surface area contributed by atoms with E-state index in [0.717, 1.165) is 16.9 Å². The summed E-state index contributed by atoms with van der Waals surface area (Å²) in [7, 11) is 0. The van der Waals surface area contributed by atoms with Crippen molar-refractivity contribution in [1.29, 1.82) is 0 Å². The first kappa shape index (κ1) is 20.4. The highest BCUT2D eigenvalue weighted by Gasteiger charge is 2.27. The van der Waals surface area contributed by atoms with Gasteiger partial charge in [-0.05, 0) is 38.5 Å². The van der Waals surface area contributed by atoms with Crippen molar-refractivity contribution in [3.8, 4) is 0 Å². The molecule has 142 valence electrons. The van der Waals surface area contributed by atoms with E-state index in [1.165, 1.54) is 6.08 Å². The Morgan fingerprint density at radius 1 is 1.11 bits per heavy atom. The highest BCUT2D eigenvalue weighted by Crippen LogP contribution is 2.34. The molecule has 0 saturated heterocycles. The Labute approximate surface area is 161 Å². The predicted octanol–water partition coefficient (Wildman–Crippen LogP) is 4.14. The number of thiophene rings is 1. The highest BCUT2D eigenvalue weighted by molar-refractivity contribution is 7.18. The van der Waals surface area contributed by atoms with Crippen LogP contribution in [0.25, 0.3) is 0 Å². The molecule has 0 bridgehead atoms. The van der Waals surface area contributed by atoms with Crippen molar-refractivity contribution < 1.29 is 23.9 Å². The Morgan fingerprint density at radius 2 is 1.78 bits per heavy atom. The minimum atomic E-state index is -0.603. The fourth-order valence-electron chi connectivity index (χ4n) is 2.33. The molecule has 2 rings (SSSR count). The van der Waals surface area contributed by atoms with Gasteiger partial charge >= 0.3 is 11.9 Å². The second kappa shape index (κ2) is 9.14. The summed E-state index contributed by atoms with van der Waals surface area (Å²) in [6.07, 6.45) is 1.45. The molecule has 0 radical (unpaired) electrons. The lowest BCUT2D eigenvalue weighted by Crippen LogP contribution is -2.15. The maximum Gasteiger partial charge on any atom is 0.348 e. The summed E-state index contributed by atoms with van der Waals surface area (Å²) in [6.45, 7) is 8.95. The Hall–Kier alpha value is -2.93. The van der Waals surface area contributed by atoms with Crippen molar-refractivity contribution in [3.63, 3.8) is 0 Å². The van der Waals surface area contributed by atoms with Crippen molar-refractivity contribution >= 4 is 34.2 Å². The maximum absolute atomic E-state index is 12.5. The molecule has 27 heavy (non-hydrogen) atoms. The van der Waals surface area contributed by atoms with Gasteiger partial charge in [-0.25, -0.2) is 9.59 Å². The van der Waals surface area contributed by atoms with Gasteiger partial charge in [0.2, 0.25) is 0 Å². The fraction of sp³-hybridized carbons (Fsp3) is 0.250. The van der Waals surface area contributed by atoms with Crippen molar-refractivity contribution in [2.24, 2.45) is 0 Å². The first-order chi connectivity index (χ1) is 12.9. The van der Waals surface area contributed by atoms with Crippen molar-refractivity contribution in [2.45, 2.75) is 20.8 Å². The summed E-state index contributed by atoms with van der Waals surface area (Å²) < 4.78 is 10.1. The van der Waals surface area contributed by atoms with Crippen LogP contribution in [-0.2, 0) is 9.47 Å². The van der Waals surface area contributed by atoms with E-state index >= 15 is 0 Å². The second-order valence-electron chi connectivity index (χ2n) is 5.69. The number of benzene rings is 1. The number of carbonyl (C=O) groups is 3. The lowest BCUT2D eigenvalue weighted by atomic mass is 10.1. The van der Waals surface area contributed by atoms with Gasteiger partial charge in [-0.3, -0.25) is 4.79 Å². The van der Waals surface area contributed by atoms with Gasteiger partial charge in [0.05, 0.1) is 12.2 Å². The molecule has 0 atom stereocenters. The SMILES string of the molecule is C=CCOC(=O)c1sc(NC(=O)c2ccc(C)cc2)c(C(=O)OCC)c1C. The molecule has 0 unspecified atom stereocenters. The molecule has 1 amide bonds. The Morgan fingerprint density at radius 3 is 2.37 bits per heavy atom. The largest absolute Gasteiger partial charge is 0.462 e. The van der Waals surface area contributed by atoms with E-state index in [2.05, 4.69) is 11.9 Å². The van der Waals surface area contributed by atoms with Crippen LogP contribution in [0.15, 0.2) is 36.9 Å². The van der Waals surface area contributed by atoms with Gasteiger partial charge in [-0.1, -0.05) is 30.4 Å². The van der Waals surface area contributed by atoms with Crippen LogP contribution in [0.1, 0.15) is 48.4 Å². The molecule has 1 aromatic carbocycles. The number of aryl methyl sites for hydroxylation is 1. The number of carbonyl (C=O) groups excluding carboxylic acids is 3. The molecule has 0 fully saturated rings. The average molecular weight is 387 g/mol. The molecule has 0 aliphatic rings. The summed E-state index contributed by atoms with van der Waals surface area (Å²) in [5, 5.41) is 2.96. The minimum Gasteiger partial charge on any atom is -0.462 e. The second-order valence-corrected chi connectivity index (χ2v) is 6.71. The number of hydrogen-bond acceptors (Lipinski definition) is 6. The van der Waals surface area contributed by atoms with Crippen molar-refractivity contribution in [1.82, 2.24) is 0 Å². The Balaban J connectivity index is 2.38. The first-order valence-electron chi connectivity index (χ1n) is 8.35. The number of ether oxygens (including phenoxy) is 2. The molecule has 6 nitrogen and oxygen atoms in total. The topological polar surface area (TPSA) is 81.7 Å². The molecular weight excluding hydrogens is 366 g/mol. The summed E-state index contributed by atoms with van der Waals surface area (Å²) in [6, 6.07) is 7.01. The van der Waals surface area contributed by atoms with Crippen LogP contribution in [0.4, 0.5) is 5.00 Å². The van der Waals surface area contributed by atoms with Gasteiger partial charge in [0.15, 0.2) is 0 Å². The third kappa shape index (κ3) is 4.83. The third-order valence-electron chi connectivity index (χ3n) is 3.68. The molecule has 0 aliphatic heterocycles. The molecule has 0 saturated carbocycles. The zero-order valence-electron chi connectivity index (χ0n) is 15.5. The van der Waals surface area contributed by atoms with Gasteiger partial charge in [0.1, 0.15) is 16.5 Å². The van der Waals surface area contributed by atoms with Gasteiger partial charge in [0.25, 0.3) is 5.91 Å². The average Bonchev–Trinajstić information content (AvgIpc) is 2.96. The number of anilines is 1. The standard InChI is InChI=1S/C20H21NO5S/c1-5-11-26-20(24)16-13(4)15(19(23)25-6-2)18(27-16)21-17(22)14-9-7-12(3)8-10-14/h5,7-10H,1,6,11H2,2-4H3,(H,21,22). The van der Waals surface area contributed by atoms with E-state index in [9.17, 15) is 14.4 Å². The molecule has 1 aromatic heterocycles. The van der Waals surface area contributed by atoms with Gasteiger partial charge < -0.3 is 14.8 Å². The zero-order valence-corrected chi connectivity index (χ0v) is 16.3. The van der Waals surface area contributed by atoms with E-state index in [-0.39, 0.29) is 34.6 Å².